The second-order valence-corrected chi connectivity index (χ2v) is 5.94. The number of rotatable bonds is 4. The molecule has 3 rings (SSSR count). The van der Waals surface area contributed by atoms with Crippen LogP contribution in [0.2, 0.25) is 0 Å². The molecule has 3 unspecified atom stereocenters. The number of pyridine rings is 1. The van der Waals surface area contributed by atoms with Crippen LogP contribution < -0.4 is 10.5 Å². The summed E-state index contributed by atoms with van der Waals surface area (Å²) in [4.78, 5) is 18.3. The van der Waals surface area contributed by atoms with Gasteiger partial charge in [0.05, 0.1) is 0 Å². The molecule has 2 heterocycles. The van der Waals surface area contributed by atoms with Crippen molar-refractivity contribution in [3.05, 3.63) is 23.9 Å². The standard InChI is InChI=1S/C15H19F2N3O2/c16-13(17)8-22-14-3-1-2-12(19-14)15(21)20-6-9-4-5-11(18)10(9)7-20/h1-3,9-11,13H,4-8,18H2. The van der Waals surface area contributed by atoms with Crippen molar-refractivity contribution in [1.29, 1.82) is 0 Å². The Morgan fingerprint density at radius 2 is 2.23 bits per heavy atom. The quantitative estimate of drug-likeness (QED) is 0.916. The van der Waals surface area contributed by atoms with Crippen molar-refractivity contribution in [2.24, 2.45) is 17.6 Å². The summed E-state index contributed by atoms with van der Waals surface area (Å²) in [6.45, 7) is 0.614. The summed E-state index contributed by atoms with van der Waals surface area (Å²) in [6, 6.07) is 4.79. The minimum absolute atomic E-state index is 0.0437. The number of fused-ring (bicyclic) bond motifs is 1. The molecule has 22 heavy (non-hydrogen) atoms. The van der Waals surface area contributed by atoms with Crippen molar-refractivity contribution < 1.29 is 18.3 Å². The zero-order valence-electron chi connectivity index (χ0n) is 12.1. The van der Waals surface area contributed by atoms with E-state index in [1.54, 1.807) is 17.0 Å². The van der Waals surface area contributed by atoms with Gasteiger partial charge in [0.1, 0.15) is 5.69 Å². The van der Waals surface area contributed by atoms with E-state index in [1.807, 2.05) is 0 Å². The summed E-state index contributed by atoms with van der Waals surface area (Å²) in [7, 11) is 0. The number of hydrogen-bond donors (Lipinski definition) is 1. The first-order valence-corrected chi connectivity index (χ1v) is 7.47. The third-order valence-corrected chi connectivity index (χ3v) is 4.50. The average molecular weight is 311 g/mol. The Morgan fingerprint density at radius 3 is 2.95 bits per heavy atom. The van der Waals surface area contributed by atoms with E-state index >= 15 is 0 Å². The van der Waals surface area contributed by atoms with Gasteiger partial charge in [-0.05, 0) is 30.7 Å². The van der Waals surface area contributed by atoms with Crippen LogP contribution in [0.3, 0.4) is 0 Å². The maximum Gasteiger partial charge on any atom is 0.272 e. The molecule has 120 valence electrons. The van der Waals surface area contributed by atoms with Crippen LogP contribution in [0.5, 0.6) is 5.88 Å². The zero-order chi connectivity index (χ0) is 15.7. The Bertz CT molecular complexity index is 555. The molecule has 1 saturated heterocycles. The van der Waals surface area contributed by atoms with E-state index in [4.69, 9.17) is 10.5 Å². The Hall–Kier alpha value is -1.76. The topological polar surface area (TPSA) is 68.5 Å². The zero-order valence-corrected chi connectivity index (χ0v) is 12.1. The van der Waals surface area contributed by atoms with Crippen LogP contribution in [0.25, 0.3) is 0 Å². The van der Waals surface area contributed by atoms with Crippen LogP contribution in [0.1, 0.15) is 23.3 Å². The molecule has 2 N–H and O–H groups in total. The average Bonchev–Trinajstić information content (AvgIpc) is 3.07. The highest BCUT2D eigenvalue weighted by Crippen LogP contribution is 2.37. The van der Waals surface area contributed by atoms with E-state index in [9.17, 15) is 13.6 Å². The third kappa shape index (κ3) is 3.04. The molecule has 0 bridgehead atoms. The van der Waals surface area contributed by atoms with Gasteiger partial charge in [0.15, 0.2) is 6.61 Å². The number of carbonyl (C=O) groups excluding carboxylic acids is 1. The molecule has 1 aromatic rings. The van der Waals surface area contributed by atoms with E-state index in [1.165, 1.54) is 6.07 Å². The third-order valence-electron chi connectivity index (χ3n) is 4.50. The molecule has 7 heteroatoms. The van der Waals surface area contributed by atoms with Crippen LogP contribution in [-0.4, -0.2) is 48.0 Å². The molecule has 3 atom stereocenters. The highest BCUT2D eigenvalue weighted by Gasteiger charge is 2.42. The molecule has 0 aromatic carbocycles. The van der Waals surface area contributed by atoms with Gasteiger partial charge in [-0.25, -0.2) is 13.8 Å². The lowest BCUT2D eigenvalue weighted by Gasteiger charge is -2.18. The van der Waals surface area contributed by atoms with Gasteiger partial charge in [0.2, 0.25) is 5.88 Å². The van der Waals surface area contributed by atoms with Gasteiger partial charge in [0.25, 0.3) is 12.3 Å². The summed E-state index contributed by atoms with van der Waals surface area (Å²) in [5.74, 6) is 0.686. The van der Waals surface area contributed by atoms with Gasteiger partial charge in [-0.3, -0.25) is 4.79 Å². The largest absolute Gasteiger partial charge is 0.472 e. The maximum absolute atomic E-state index is 12.5. The number of likely N-dealkylation sites (tertiary alicyclic amines) is 1. The van der Waals surface area contributed by atoms with Crippen molar-refractivity contribution in [2.75, 3.05) is 19.7 Å². The molecule has 5 nitrogen and oxygen atoms in total. The number of amides is 1. The van der Waals surface area contributed by atoms with Gasteiger partial charge >= 0.3 is 0 Å². The molecule has 2 aliphatic rings. The number of alkyl halides is 2. The maximum atomic E-state index is 12.5. The molecule has 0 radical (unpaired) electrons. The number of ether oxygens (including phenoxy) is 1. The summed E-state index contributed by atoms with van der Waals surface area (Å²) in [5, 5.41) is 0. The minimum atomic E-state index is -2.57. The predicted octanol–water partition coefficient (Wildman–Crippen LogP) is 1.53. The van der Waals surface area contributed by atoms with Gasteiger partial charge in [-0.1, -0.05) is 6.07 Å². The molecule has 2 fully saturated rings. The summed E-state index contributed by atoms with van der Waals surface area (Å²) in [6.07, 6.45) is -0.492. The molecule has 1 aliphatic heterocycles. The Labute approximate surface area is 127 Å². The normalized spacial score (nSPS) is 27.3. The minimum Gasteiger partial charge on any atom is -0.472 e. The number of nitrogens with two attached hydrogens (primary N) is 1. The van der Waals surface area contributed by atoms with Crippen LogP contribution in [0, 0.1) is 11.8 Å². The van der Waals surface area contributed by atoms with Crippen molar-refractivity contribution in [3.8, 4) is 5.88 Å². The van der Waals surface area contributed by atoms with E-state index in [0.717, 1.165) is 12.8 Å². The Kier molecular flexibility index (Phi) is 4.24. The van der Waals surface area contributed by atoms with Crippen LogP contribution >= 0.6 is 0 Å². The van der Waals surface area contributed by atoms with Gasteiger partial charge in [-0.15, -0.1) is 0 Å². The molecule has 1 amide bonds. The first-order chi connectivity index (χ1) is 10.5. The number of carbonyl (C=O) groups is 1. The molecular weight excluding hydrogens is 292 g/mol. The highest BCUT2D eigenvalue weighted by atomic mass is 19.3. The van der Waals surface area contributed by atoms with Crippen LogP contribution in [0.4, 0.5) is 8.78 Å². The lowest BCUT2D eigenvalue weighted by Crippen LogP contribution is -2.33. The summed E-state index contributed by atoms with van der Waals surface area (Å²) in [5.41, 5.74) is 6.29. The highest BCUT2D eigenvalue weighted by molar-refractivity contribution is 5.92. The van der Waals surface area contributed by atoms with Gasteiger partial charge < -0.3 is 15.4 Å². The first kappa shape index (κ1) is 15.1. The van der Waals surface area contributed by atoms with Crippen molar-refractivity contribution in [3.63, 3.8) is 0 Å². The lowest BCUT2D eigenvalue weighted by molar-refractivity contribution is 0.0756. The Balaban J connectivity index is 1.66. The molecule has 1 saturated carbocycles. The van der Waals surface area contributed by atoms with Gasteiger partial charge in [0, 0.05) is 25.2 Å². The van der Waals surface area contributed by atoms with Crippen molar-refractivity contribution in [1.82, 2.24) is 9.88 Å². The van der Waals surface area contributed by atoms with E-state index in [2.05, 4.69) is 4.98 Å². The molecular formula is C15H19F2N3O2. The molecule has 0 spiro atoms. The van der Waals surface area contributed by atoms with E-state index in [0.29, 0.717) is 24.9 Å². The fraction of sp³-hybridized carbons (Fsp3) is 0.600. The lowest BCUT2D eigenvalue weighted by atomic mass is 9.98. The first-order valence-electron chi connectivity index (χ1n) is 7.47. The number of nitrogens with zero attached hydrogens (tertiary/aromatic N) is 2. The smallest absolute Gasteiger partial charge is 0.272 e. The molecule has 1 aromatic heterocycles. The second kappa shape index (κ2) is 6.16. The predicted molar refractivity (Wildman–Crippen MR) is 75.8 cm³/mol. The summed E-state index contributed by atoms with van der Waals surface area (Å²) < 4.78 is 29.2. The number of hydrogen-bond acceptors (Lipinski definition) is 4. The second-order valence-electron chi connectivity index (χ2n) is 5.94. The van der Waals surface area contributed by atoms with E-state index in [-0.39, 0.29) is 23.5 Å². The fourth-order valence-corrected chi connectivity index (χ4v) is 3.40. The van der Waals surface area contributed by atoms with Crippen LogP contribution in [0.15, 0.2) is 18.2 Å². The SMILES string of the molecule is NC1CCC2CN(C(=O)c3cccc(OCC(F)F)n3)CC12. The van der Waals surface area contributed by atoms with Crippen LogP contribution in [-0.2, 0) is 0 Å². The number of halogens is 2. The number of aromatic nitrogens is 1. The van der Waals surface area contributed by atoms with Crippen molar-refractivity contribution >= 4 is 5.91 Å². The molecule has 1 aliphatic carbocycles. The van der Waals surface area contributed by atoms with Gasteiger partial charge in [-0.2, -0.15) is 0 Å². The van der Waals surface area contributed by atoms with E-state index < -0.39 is 13.0 Å². The van der Waals surface area contributed by atoms with Crippen molar-refractivity contribution in [2.45, 2.75) is 25.3 Å². The Morgan fingerprint density at radius 1 is 1.41 bits per heavy atom. The summed E-state index contributed by atoms with van der Waals surface area (Å²) >= 11 is 0. The monoisotopic (exact) mass is 311 g/mol. The fourth-order valence-electron chi connectivity index (χ4n) is 3.40.